The number of amides is 1. The largest absolute Gasteiger partial charge is 0.467 e. The smallest absolute Gasteiger partial charge is 0.328 e. The molecule has 108 valence electrons. The monoisotopic (exact) mass is 317 g/mol. The van der Waals surface area contributed by atoms with Crippen LogP contribution in [0.25, 0.3) is 0 Å². The number of carbonyl (C=O) groups excluding carboxylic acids is 2. The number of hydrogen-bond acceptors (Lipinski definition) is 4. The Morgan fingerprint density at radius 2 is 2.10 bits per heavy atom. The molecule has 7 heteroatoms. The van der Waals surface area contributed by atoms with E-state index in [0.717, 1.165) is 0 Å². The average molecular weight is 318 g/mol. The second-order valence-corrected chi connectivity index (χ2v) is 5.35. The van der Waals surface area contributed by atoms with E-state index >= 15 is 0 Å². The molecule has 1 saturated heterocycles. The van der Waals surface area contributed by atoms with Crippen molar-refractivity contribution in [1.29, 1.82) is 0 Å². The number of ether oxygens (including phenoxy) is 1. The van der Waals surface area contributed by atoms with Crippen molar-refractivity contribution in [3.8, 4) is 0 Å². The van der Waals surface area contributed by atoms with Gasteiger partial charge in [0.15, 0.2) is 0 Å². The molecule has 1 heterocycles. The van der Waals surface area contributed by atoms with Crippen molar-refractivity contribution in [3.05, 3.63) is 33.8 Å². The highest BCUT2D eigenvalue weighted by molar-refractivity contribution is 6.35. The number of carbonyl (C=O) groups is 2. The first-order chi connectivity index (χ1) is 9.43. The fourth-order valence-corrected chi connectivity index (χ4v) is 2.58. The van der Waals surface area contributed by atoms with Gasteiger partial charge < -0.3 is 14.7 Å². The van der Waals surface area contributed by atoms with Gasteiger partial charge in [0.05, 0.1) is 23.8 Å². The van der Waals surface area contributed by atoms with Crippen molar-refractivity contribution in [2.24, 2.45) is 0 Å². The Labute approximate surface area is 126 Å². The summed E-state index contributed by atoms with van der Waals surface area (Å²) in [4.78, 5) is 25.4. The molecule has 1 aliphatic rings. The topological polar surface area (TPSA) is 66.8 Å². The van der Waals surface area contributed by atoms with E-state index in [0.29, 0.717) is 5.02 Å². The van der Waals surface area contributed by atoms with Crippen LogP contribution in [-0.4, -0.2) is 47.7 Å². The molecule has 20 heavy (non-hydrogen) atoms. The second kappa shape index (κ2) is 5.99. The van der Waals surface area contributed by atoms with Crippen LogP contribution in [0, 0.1) is 0 Å². The number of methoxy groups -OCH3 is 1. The van der Waals surface area contributed by atoms with E-state index in [1.807, 2.05) is 0 Å². The maximum Gasteiger partial charge on any atom is 0.328 e. The molecular formula is C13H13Cl2NO4. The number of halogens is 2. The van der Waals surface area contributed by atoms with Gasteiger partial charge in [-0.3, -0.25) is 4.79 Å². The summed E-state index contributed by atoms with van der Waals surface area (Å²) in [6.07, 6.45) is -0.614. The number of nitrogens with zero attached hydrogens (tertiary/aromatic N) is 1. The molecule has 1 fully saturated rings. The van der Waals surface area contributed by atoms with Crippen molar-refractivity contribution in [3.63, 3.8) is 0 Å². The van der Waals surface area contributed by atoms with Crippen LogP contribution in [0.4, 0.5) is 0 Å². The second-order valence-electron chi connectivity index (χ2n) is 4.51. The van der Waals surface area contributed by atoms with Crippen molar-refractivity contribution in [2.45, 2.75) is 18.6 Å². The van der Waals surface area contributed by atoms with Crippen LogP contribution >= 0.6 is 23.2 Å². The van der Waals surface area contributed by atoms with Gasteiger partial charge in [0, 0.05) is 18.0 Å². The summed E-state index contributed by atoms with van der Waals surface area (Å²) in [7, 11) is 1.24. The lowest BCUT2D eigenvalue weighted by Gasteiger charge is -2.22. The minimum atomic E-state index is -0.808. The van der Waals surface area contributed by atoms with Crippen LogP contribution in [0.5, 0.6) is 0 Å². The van der Waals surface area contributed by atoms with Gasteiger partial charge in [-0.2, -0.15) is 0 Å². The number of likely N-dealkylation sites (tertiary alicyclic amines) is 1. The number of benzene rings is 1. The molecule has 2 atom stereocenters. The normalized spacial score (nSPS) is 21.9. The minimum absolute atomic E-state index is 0.0570. The van der Waals surface area contributed by atoms with Crippen molar-refractivity contribution in [2.75, 3.05) is 13.7 Å². The Morgan fingerprint density at radius 3 is 2.75 bits per heavy atom. The van der Waals surface area contributed by atoms with Crippen LogP contribution in [0.3, 0.4) is 0 Å². The SMILES string of the molecule is COC(=O)C1CC(O)CN1C(=O)c1cc(Cl)ccc1Cl. The molecule has 0 aliphatic carbocycles. The van der Waals surface area contributed by atoms with Gasteiger partial charge in [0.2, 0.25) is 0 Å². The molecule has 1 aromatic carbocycles. The van der Waals surface area contributed by atoms with E-state index in [2.05, 4.69) is 4.74 Å². The van der Waals surface area contributed by atoms with Gasteiger partial charge in [0.1, 0.15) is 6.04 Å². The Kier molecular flexibility index (Phi) is 4.52. The highest BCUT2D eigenvalue weighted by atomic mass is 35.5. The van der Waals surface area contributed by atoms with Crippen LogP contribution < -0.4 is 0 Å². The zero-order valence-electron chi connectivity index (χ0n) is 10.7. The minimum Gasteiger partial charge on any atom is -0.467 e. The van der Waals surface area contributed by atoms with Crippen LogP contribution in [0.1, 0.15) is 16.8 Å². The lowest BCUT2D eigenvalue weighted by Crippen LogP contribution is -2.41. The summed E-state index contributed by atoms with van der Waals surface area (Å²) in [6.45, 7) is 0.0570. The summed E-state index contributed by atoms with van der Waals surface area (Å²) in [5, 5.41) is 10.3. The van der Waals surface area contributed by atoms with Crippen LogP contribution in [0.2, 0.25) is 10.0 Å². The summed E-state index contributed by atoms with van der Waals surface area (Å²) < 4.78 is 4.65. The zero-order chi connectivity index (χ0) is 14.9. The third kappa shape index (κ3) is 2.90. The Balaban J connectivity index is 2.31. The Hall–Kier alpha value is -1.30. The average Bonchev–Trinajstić information content (AvgIpc) is 2.82. The number of β-amino-alcohol motifs (C(OH)–C–C–N with tert-alkyl or cyclic N) is 1. The molecule has 0 spiro atoms. The van der Waals surface area contributed by atoms with Gasteiger partial charge >= 0.3 is 5.97 Å². The molecule has 2 unspecified atom stereocenters. The predicted octanol–water partition coefficient (Wildman–Crippen LogP) is 1.74. The maximum absolute atomic E-state index is 12.5. The van der Waals surface area contributed by atoms with Gasteiger partial charge in [-0.05, 0) is 18.2 Å². The highest BCUT2D eigenvalue weighted by Crippen LogP contribution is 2.26. The first-order valence-corrected chi connectivity index (χ1v) is 6.71. The van der Waals surface area contributed by atoms with Gasteiger partial charge in [0.25, 0.3) is 5.91 Å². The lowest BCUT2D eigenvalue weighted by atomic mass is 10.1. The van der Waals surface area contributed by atoms with E-state index in [1.165, 1.54) is 24.1 Å². The maximum atomic E-state index is 12.5. The summed E-state index contributed by atoms with van der Waals surface area (Å²) in [6, 6.07) is 3.71. The van der Waals surface area contributed by atoms with Gasteiger partial charge in [-0.25, -0.2) is 4.79 Å². The first-order valence-electron chi connectivity index (χ1n) is 5.96. The van der Waals surface area contributed by atoms with E-state index < -0.39 is 24.0 Å². The van der Waals surface area contributed by atoms with Gasteiger partial charge in [-0.1, -0.05) is 23.2 Å². The van der Waals surface area contributed by atoms with Crippen molar-refractivity contribution < 1.29 is 19.4 Å². The van der Waals surface area contributed by atoms with Crippen LogP contribution in [-0.2, 0) is 9.53 Å². The number of aliphatic hydroxyl groups excluding tert-OH is 1. The van der Waals surface area contributed by atoms with Crippen molar-refractivity contribution >= 4 is 35.1 Å². The van der Waals surface area contributed by atoms with Gasteiger partial charge in [-0.15, -0.1) is 0 Å². The first kappa shape index (κ1) is 15.1. The third-order valence-corrected chi connectivity index (χ3v) is 3.74. The molecule has 0 radical (unpaired) electrons. The fourth-order valence-electron chi connectivity index (χ4n) is 2.21. The molecule has 1 amide bonds. The van der Waals surface area contributed by atoms with Crippen LogP contribution in [0.15, 0.2) is 18.2 Å². The van der Waals surface area contributed by atoms with Crippen molar-refractivity contribution in [1.82, 2.24) is 4.90 Å². The third-order valence-electron chi connectivity index (χ3n) is 3.17. The molecule has 2 rings (SSSR count). The molecule has 1 N–H and O–H groups in total. The number of aliphatic hydroxyl groups is 1. The zero-order valence-corrected chi connectivity index (χ0v) is 12.2. The molecule has 1 aromatic rings. The number of hydrogen-bond donors (Lipinski definition) is 1. The fraction of sp³-hybridized carbons (Fsp3) is 0.385. The Morgan fingerprint density at radius 1 is 1.40 bits per heavy atom. The van der Waals surface area contributed by atoms with E-state index in [1.54, 1.807) is 6.07 Å². The predicted molar refractivity (Wildman–Crippen MR) is 73.9 cm³/mol. The standard InChI is InChI=1S/C13H13Cl2NO4/c1-20-13(19)11-5-8(17)6-16(11)12(18)9-4-7(14)2-3-10(9)15/h2-4,8,11,17H,5-6H2,1H3. The molecule has 1 aliphatic heterocycles. The lowest BCUT2D eigenvalue weighted by molar-refractivity contribution is -0.145. The highest BCUT2D eigenvalue weighted by Gasteiger charge is 2.40. The van der Waals surface area contributed by atoms with E-state index in [-0.39, 0.29) is 23.6 Å². The summed E-state index contributed by atoms with van der Waals surface area (Å²) in [5.74, 6) is -1.02. The summed E-state index contributed by atoms with van der Waals surface area (Å²) >= 11 is 11.8. The molecule has 5 nitrogen and oxygen atoms in total. The summed E-state index contributed by atoms with van der Waals surface area (Å²) in [5.41, 5.74) is 0.196. The molecule has 0 aromatic heterocycles. The Bertz CT molecular complexity index is 549. The number of esters is 1. The molecular weight excluding hydrogens is 305 g/mol. The quantitative estimate of drug-likeness (QED) is 0.844. The van der Waals surface area contributed by atoms with E-state index in [4.69, 9.17) is 23.2 Å². The number of rotatable bonds is 2. The van der Waals surface area contributed by atoms with E-state index in [9.17, 15) is 14.7 Å². The molecule has 0 saturated carbocycles. The molecule has 0 bridgehead atoms.